The third-order valence-electron chi connectivity index (χ3n) is 4.97. The van der Waals surface area contributed by atoms with Gasteiger partial charge >= 0.3 is 6.01 Å². The highest BCUT2D eigenvalue weighted by molar-refractivity contribution is 14.1. The molecule has 7 nitrogen and oxygen atoms in total. The van der Waals surface area contributed by atoms with E-state index >= 15 is 0 Å². The number of sulfonamides is 1. The van der Waals surface area contributed by atoms with E-state index in [2.05, 4.69) is 48.8 Å². The minimum Gasteiger partial charge on any atom is -0.335 e. The van der Waals surface area contributed by atoms with Gasteiger partial charge < -0.3 is 9.84 Å². The molecule has 1 aliphatic rings. The molecule has 0 spiro atoms. The number of anilines is 1. The summed E-state index contributed by atoms with van der Waals surface area (Å²) in [4.78, 5) is 4.50. The van der Waals surface area contributed by atoms with E-state index in [9.17, 15) is 8.42 Å². The van der Waals surface area contributed by atoms with Crippen molar-refractivity contribution < 1.29 is 12.9 Å². The number of benzene rings is 1. The molecule has 1 fully saturated rings. The van der Waals surface area contributed by atoms with E-state index in [1.807, 2.05) is 18.2 Å². The summed E-state index contributed by atoms with van der Waals surface area (Å²) in [6.45, 7) is 2.18. The number of halogens is 1. The van der Waals surface area contributed by atoms with Crippen LogP contribution in [0.1, 0.15) is 38.2 Å². The van der Waals surface area contributed by atoms with Crippen LogP contribution < -0.4 is 10.0 Å². The van der Waals surface area contributed by atoms with E-state index in [0.717, 1.165) is 35.7 Å². The van der Waals surface area contributed by atoms with Gasteiger partial charge in [0.1, 0.15) is 0 Å². The van der Waals surface area contributed by atoms with Crippen molar-refractivity contribution in [2.45, 2.75) is 43.1 Å². The van der Waals surface area contributed by atoms with Crippen molar-refractivity contribution >= 4 is 38.6 Å². The van der Waals surface area contributed by atoms with Gasteiger partial charge in [0.25, 0.3) is 0 Å². The normalized spacial score (nSPS) is 20.5. The van der Waals surface area contributed by atoms with Gasteiger partial charge in [-0.1, -0.05) is 52.0 Å². The molecular formula is C18H25IN4O3S. The zero-order valence-electron chi connectivity index (χ0n) is 15.3. The van der Waals surface area contributed by atoms with Gasteiger partial charge in [-0.2, -0.15) is 4.98 Å². The number of nitrogens with one attached hydrogen (secondary N) is 2. The van der Waals surface area contributed by atoms with E-state index < -0.39 is 10.0 Å². The molecule has 0 bridgehead atoms. The molecule has 3 rings (SSSR count). The minimum atomic E-state index is -3.11. The standard InChI is InChI=1S/C18H25IN4O3S/c1-2-27(24,25)20-12-13-7-9-15(10-8-13)21-18-22-17(23-26-18)16-6-4-3-5-14(16)11-19/h3-6,13,15,20H,2,7-12H2,1H3,(H,21,22,23). The number of aromatic nitrogens is 2. The zero-order valence-corrected chi connectivity index (χ0v) is 18.3. The van der Waals surface area contributed by atoms with Crippen molar-refractivity contribution in [3.63, 3.8) is 0 Å². The zero-order chi connectivity index (χ0) is 19.3. The van der Waals surface area contributed by atoms with Gasteiger partial charge in [-0.05, 0) is 44.1 Å². The Morgan fingerprint density at radius 2 is 1.96 bits per heavy atom. The maximum atomic E-state index is 11.6. The molecule has 1 saturated carbocycles. The Bertz CT molecular complexity index is 848. The number of rotatable bonds is 8. The lowest BCUT2D eigenvalue weighted by atomic mass is 9.86. The van der Waals surface area contributed by atoms with E-state index in [4.69, 9.17) is 4.52 Å². The Labute approximate surface area is 173 Å². The van der Waals surface area contributed by atoms with Gasteiger partial charge in [0.2, 0.25) is 15.8 Å². The van der Waals surface area contributed by atoms with E-state index in [-0.39, 0.29) is 11.8 Å². The van der Waals surface area contributed by atoms with E-state index in [0.29, 0.717) is 24.3 Å². The summed E-state index contributed by atoms with van der Waals surface area (Å²) < 4.78 is 32.1. The highest BCUT2D eigenvalue weighted by Gasteiger charge is 2.23. The molecule has 0 unspecified atom stereocenters. The fourth-order valence-corrected chi connectivity index (χ4v) is 4.64. The third-order valence-corrected chi connectivity index (χ3v) is 7.16. The van der Waals surface area contributed by atoms with E-state index in [1.54, 1.807) is 6.92 Å². The number of alkyl halides is 1. The molecule has 0 atom stereocenters. The highest BCUT2D eigenvalue weighted by Crippen LogP contribution is 2.28. The Morgan fingerprint density at radius 3 is 2.67 bits per heavy atom. The number of hydrogen-bond acceptors (Lipinski definition) is 6. The van der Waals surface area contributed by atoms with Crippen molar-refractivity contribution in [1.82, 2.24) is 14.9 Å². The van der Waals surface area contributed by atoms with Crippen LogP contribution in [0.4, 0.5) is 6.01 Å². The summed E-state index contributed by atoms with van der Waals surface area (Å²) in [5, 5.41) is 7.44. The largest absolute Gasteiger partial charge is 0.335 e. The van der Waals surface area contributed by atoms with Crippen LogP contribution in [0.2, 0.25) is 0 Å². The molecule has 148 valence electrons. The monoisotopic (exact) mass is 504 g/mol. The van der Waals surface area contributed by atoms with Crippen LogP contribution in [-0.2, 0) is 14.5 Å². The Morgan fingerprint density at radius 1 is 1.22 bits per heavy atom. The van der Waals surface area contributed by atoms with Gasteiger partial charge in [-0.25, -0.2) is 13.1 Å². The molecule has 0 radical (unpaired) electrons. The summed E-state index contributed by atoms with van der Waals surface area (Å²) in [6.07, 6.45) is 3.87. The van der Waals surface area contributed by atoms with Gasteiger partial charge in [0.05, 0.1) is 5.75 Å². The minimum absolute atomic E-state index is 0.129. The fraction of sp³-hybridized carbons (Fsp3) is 0.556. The van der Waals surface area contributed by atoms with Crippen molar-refractivity contribution in [2.24, 2.45) is 5.92 Å². The average Bonchev–Trinajstić information content (AvgIpc) is 3.16. The van der Waals surface area contributed by atoms with Crippen molar-refractivity contribution in [3.05, 3.63) is 29.8 Å². The van der Waals surface area contributed by atoms with Crippen LogP contribution in [0.5, 0.6) is 0 Å². The first-order valence-corrected chi connectivity index (χ1v) is 12.4. The highest BCUT2D eigenvalue weighted by atomic mass is 127. The lowest BCUT2D eigenvalue weighted by molar-refractivity contribution is 0.330. The fourth-order valence-electron chi connectivity index (χ4n) is 3.28. The summed E-state index contributed by atoms with van der Waals surface area (Å²) in [5.41, 5.74) is 2.18. The molecule has 1 aromatic carbocycles. The second kappa shape index (κ2) is 9.33. The molecule has 27 heavy (non-hydrogen) atoms. The Kier molecular flexibility index (Phi) is 7.10. The van der Waals surface area contributed by atoms with E-state index in [1.165, 1.54) is 5.56 Å². The first kappa shape index (κ1) is 20.5. The predicted octanol–water partition coefficient (Wildman–Crippen LogP) is 3.58. The van der Waals surface area contributed by atoms with Crippen LogP contribution in [-0.4, -0.2) is 36.9 Å². The lowest BCUT2D eigenvalue weighted by Crippen LogP contribution is -2.34. The molecule has 0 aliphatic heterocycles. The molecular weight excluding hydrogens is 479 g/mol. The first-order chi connectivity index (χ1) is 13.0. The summed E-state index contributed by atoms with van der Waals surface area (Å²) in [5.74, 6) is 1.12. The van der Waals surface area contributed by atoms with Crippen LogP contribution in [0.3, 0.4) is 0 Å². The van der Waals surface area contributed by atoms with Crippen LogP contribution in [0.25, 0.3) is 11.4 Å². The molecule has 0 saturated heterocycles. The van der Waals surface area contributed by atoms with Crippen molar-refractivity contribution in [2.75, 3.05) is 17.6 Å². The Hall–Kier alpha value is -1.20. The van der Waals surface area contributed by atoms with Gasteiger partial charge in [-0.3, -0.25) is 0 Å². The summed E-state index contributed by atoms with van der Waals surface area (Å²) >= 11 is 2.33. The van der Waals surface area contributed by atoms with Crippen LogP contribution in [0.15, 0.2) is 28.8 Å². The van der Waals surface area contributed by atoms with Crippen LogP contribution in [0, 0.1) is 5.92 Å². The second-order valence-electron chi connectivity index (χ2n) is 6.83. The molecule has 9 heteroatoms. The molecule has 2 N–H and O–H groups in total. The topological polar surface area (TPSA) is 97.1 Å². The lowest BCUT2D eigenvalue weighted by Gasteiger charge is -2.28. The number of hydrogen-bond donors (Lipinski definition) is 2. The summed E-state index contributed by atoms with van der Waals surface area (Å²) in [7, 11) is -3.11. The third kappa shape index (κ3) is 5.64. The van der Waals surface area contributed by atoms with Crippen molar-refractivity contribution in [1.29, 1.82) is 0 Å². The second-order valence-corrected chi connectivity index (χ2v) is 9.69. The molecule has 2 aromatic rings. The predicted molar refractivity (Wildman–Crippen MR) is 114 cm³/mol. The molecule has 0 amide bonds. The maximum absolute atomic E-state index is 11.6. The van der Waals surface area contributed by atoms with Gasteiger partial charge in [-0.15, -0.1) is 0 Å². The van der Waals surface area contributed by atoms with Crippen molar-refractivity contribution in [3.8, 4) is 11.4 Å². The van der Waals surface area contributed by atoms with Gasteiger partial charge in [0, 0.05) is 22.6 Å². The molecule has 1 aromatic heterocycles. The summed E-state index contributed by atoms with van der Waals surface area (Å²) in [6, 6.07) is 8.78. The average molecular weight is 504 g/mol. The quantitative estimate of drug-likeness (QED) is 0.422. The van der Waals surface area contributed by atoms with Gasteiger partial charge in [0.15, 0.2) is 0 Å². The molecule has 1 aliphatic carbocycles. The number of nitrogens with zero attached hydrogens (tertiary/aromatic N) is 2. The first-order valence-electron chi connectivity index (χ1n) is 9.22. The maximum Gasteiger partial charge on any atom is 0.322 e. The SMILES string of the molecule is CCS(=O)(=O)NCC1CCC(Nc2nc(-c3ccccc3CI)no2)CC1. The van der Waals surface area contributed by atoms with Crippen LogP contribution >= 0.6 is 22.6 Å². The smallest absolute Gasteiger partial charge is 0.322 e. The molecule has 1 heterocycles. The Balaban J connectivity index is 1.52.